The molecule has 1 saturated carbocycles. The number of likely N-dealkylation sites (tertiary alicyclic amines) is 1. The number of aryl methyl sites for hydroxylation is 1. The number of allylic oxidation sites excluding steroid dienone is 1. The van der Waals surface area contributed by atoms with Gasteiger partial charge in [0.05, 0.1) is 23.1 Å². The van der Waals surface area contributed by atoms with E-state index in [-0.39, 0.29) is 48.0 Å². The van der Waals surface area contributed by atoms with Crippen LogP contribution in [0.5, 0.6) is 5.75 Å². The number of ether oxygens (including phenoxy) is 3. The molecule has 0 radical (unpaired) electrons. The summed E-state index contributed by atoms with van der Waals surface area (Å²) in [6.45, 7) is 6.39. The van der Waals surface area contributed by atoms with Gasteiger partial charge in [-0.3, -0.25) is 9.59 Å². The summed E-state index contributed by atoms with van der Waals surface area (Å²) >= 11 is 6.35. The number of halogens is 1. The van der Waals surface area contributed by atoms with Gasteiger partial charge in [0.1, 0.15) is 19.0 Å². The van der Waals surface area contributed by atoms with Crippen LogP contribution in [0, 0.1) is 17.8 Å². The molecular formula is C37H48ClN3O7S. The van der Waals surface area contributed by atoms with E-state index in [1.807, 2.05) is 37.3 Å². The lowest BCUT2D eigenvalue weighted by atomic mass is 9.70. The van der Waals surface area contributed by atoms with Gasteiger partial charge in [0.25, 0.3) is 5.91 Å². The Hall–Kier alpha value is -3.12. The predicted molar refractivity (Wildman–Crippen MR) is 189 cm³/mol. The van der Waals surface area contributed by atoms with Gasteiger partial charge in [-0.05, 0) is 105 Å². The molecular weight excluding hydrogens is 666 g/mol. The molecule has 49 heavy (non-hydrogen) atoms. The van der Waals surface area contributed by atoms with Crippen LogP contribution in [0.4, 0.5) is 5.69 Å². The average molecular weight is 714 g/mol. The van der Waals surface area contributed by atoms with E-state index in [4.69, 9.17) is 25.8 Å². The van der Waals surface area contributed by atoms with Crippen LogP contribution in [0.15, 0.2) is 48.6 Å². The zero-order valence-electron chi connectivity index (χ0n) is 28.6. The monoisotopic (exact) mass is 713 g/mol. The number of nitrogens with zero attached hydrogens (tertiary/aromatic N) is 2. The number of benzene rings is 2. The molecule has 0 unspecified atom stereocenters. The minimum Gasteiger partial charge on any atom is -0.487 e. The number of methoxy groups -OCH3 is 1. The van der Waals surface area contributed by atoms with Crippen LogP contribution >= 0.6 is 11.6 Å². The molecule has 3 heterocycles. The fourth-order valence-electron chi connectivity index (χ4n) is 7.19. The summed E-state index contributed by atoms with van der Waals surface area (Å²) in [5, 5.41) is -0.123. The van der Waals surface area contributed by atoms with E-state index in [1.54, 1.807) is 37.1 Å². The van der Waals surface area contributed by atoms with Gasteiger partial charge in [-0.25, -0.2) is 13.1 Å². The van der Waals surface area contributed by atoms with Gasteiger partial charge in [-0.15, -0.1) is 0 Å². The van der Waals surface area contributed by atoms with E-state index in [1.165, 1.54) is 0 Å². The van der Waals surface area contributed by atoms with Gasteiger partial charge in [0.15, 0.2) is 0 Å². The number of nitrogens with one attached hydrogen (secondary N) is 1. The first-order chi connectivity index (χ1) is 23.5. The van der Waals surface area contributed by atoms with Crippen LogP contribution in [0.1, 0.15) is 67.4 Å². The molecule has 6 rings (SSSR count). The molecule has 12 heteroatoms. The summed E-state index contributed by atoms with van der Waals surface area (Å²) < 4.78 is 47.3. The SMILES string of the molecule is COC1CN(C(=O)CO[C@H]2/C=C/C[C@H](C)[C@@H](C)S(=O)(=O)NC(=O)c3ccc4c(c3)N(CCCCc3cc(Cl)ccc3CO4)C[C@@H]3CC[C@H]32)C1. The number of rotatable bonds is 4. The summed E-state index contributed by atoms with van der Waals surface area (Å²) in [5.74, 6) is 0.108. The van der Waals surface area contributed by atoms with E-state index < -0.39 is 21.2 Å². The number of fused-ring (bicyclic) bond motifs is 3. The van der Waals surface area contributed by atoms with Crippen molar-refractivity contribution in [2.75, 3.05) is 44.8 Å². The van der Waals surface area contributed by atoms with Gasteiger partial charge >= 0.3 is 0 Å². The first-order valence-corrected chi connectivity index (χ1v) is 19.4. The van der Waals surface area contributed by atoms with Crippen molar-refractivity contribution >= 4 is 39.1 Å². The quantitative estimate of drug-likeness (QED) is 0.421. The fraction of sp³-hybridized carbons (Fsp3) is 0.568. The third-order valence-electron chi connectivity index (χ3n) is 10.9. The molecule has 0 spiro atoms. The fourth-order valence-corrected chi connectivity index (χ4v) is 8.67. The minimum absolute atomic E-state index is 0.0185. The lowest BCUT2D eigenvalue weighted by molar-refractivity contribution is -0.151. The Balaban J connectivity index is 1.31. The second kappa shape index (κ2) is 15.4. The minimum atomic E-state index is -3.97. The van der Waals surface area contributed by atoms with Crippen molar-refractivity contribution in [3.8, 4) is 5.75 Å². The van der Waals surface area contributed by atoms with Gasteiger partial charge in [-0.2, -0.15) is 0 Å². The number of hydrogen-bond donors (Lipinski definition) is 1. The summed E-state index contributed by atoms with van der Waals surface area (Å²) in [6, 6.07) is 11.1. The van der Waals surface area contributed by atoms with Crippen molar-refractivity contribution in [1.29, 1.82) is 0 Å². The van der Waals surface area contributed by atoms with Crippen molar-refractivity contribution in [3.05, 3.63) is 70.3 Å². The molecule has 0 aromatic heterocycles. The first-order valence-electron chi connectivity index (χ1n) is 17.5. The van der Waals surface area contributed by atoms with E-state index in [9.17, 15) is 18.0 Å². The zero-order valence-corrected chi connectivity index (χ0v) is 30.2. The summed E-state index contributed by atoms with van der Waals surface area (Å²) in [5.41, 5.74) is 3.24. The summed E-state index contributed by atoms with van der Waals surface area (Å²) in [6.07, 6.45) is 8.94. The molecule has 2 aromatic carbocycles. The smallest absolute Gasteiger partial charge is 0.264 e. The maximum Gasteiger partial charge on any atom is 0.264 e. The molecule has 2 bridgehead atoms. The molecule has 2 aromatic rings. The predicted octanol–water partition coefficient (Wildman–Crippen LogP) is 5.37. The lowest BCUT2D eigenvalue weighted by Crippen LogP contribution is -2.55. The molecule has 266 valence electrons. The van der Waals surface area contributed by atoms with Gasteiger partial charge < -0.3 is 24.0 Å². The maximum absolute atomic E-state index is 13.5. The molecule has 3 aliphatic heterocycles. The molecule has 5 atom stereocenters. The van der Waals surface area contributed by atoms with Crippen molar-refractivity contribution in [3.63, 3.8) is 0 Å². The zero-order chi connectivity index (χ0) is 34.7. The Bertz CT molecular complexity index is 1660. The van der Waals surface area contributed by atoms with Crippen molar-refractivity contribution in [1.82, 2.24) is 9.62 Å². The average Bonchev–Trinajstić information content (AvgIpc) is 3.07. The number of hydrogen-bond acceptors (Lipinski definition) is 8. The number of anilines is 1. The molecule has 2 fully saturated rings. The van der Waals surface area contributed by atoms with E-state index in [2.05, 4.69) is 9.62 Å². The summed E-state index contributed by atoms with van der Waals surface area (Å²) in [4.78, 5) is 30.5. The Morgan fingerprint density at radius 1 is 1.06 bits per heavy atom. The number of carbonyl (C=O) groups excluding carboxylic acids is 2. The van der Waals surface area contributed by atoms with Crippen molar-refractivity contribution in [2.24, 2.45) is 17.8 Å². The highest BCUT2D eigenvalue weighted by molar-refractivity contribution is 7.90. The third-order valence-corrected chi connectivity index (χ3v) is 13.0. The highest BCUT2D eigenvalue weighted by Gasteiger charge is 2.39. The van der Waals surface area contributed by atoms with Crippen LogP contribution in [-0.2, 0) is 37.3 Å². The van der Waals surface area contributed by atoms with Gasteiger partial charge in [0.2, 0.25) is 15.9 Å². The normalized spacial score (nSPS) is 28.3. The van der Waals surface area contributed by atoms with E-state index in [0.29, 0.717) is 43.4 Å². The first kappa shape index (κ1) is 35.7. The number of sulfonamides is 1. The Kier molecular flexibility index (Phi) is 11.2. The molecule has 1 aliphatic carbocycles. The largest absolute Gasteiger partial charge is 0.487 e. The molecule has 10 nitrogen and oxygen atoms in total. The second-order valence-electron chi connectivity index (χ2n) is 14.0. The van der Waals surface area contributed by atoms with Crippen molar-refractivity contribution in [2.45, 2.75) is 76.4 Å². The number of carbonyl (C=O) groups is 2. The highest BCUT2D eigenvalue weighted by atomic mass is 35.5. The standard InChI is InChI=1S/C37H48ClN3O7S/c1-24-7-6-9-34(48-23-36(42)41-20-31(21-41)46-3)32-14-11-28(32)19-40-16-5-4-8-26-17-30(38)13-10-29(26)22-47-35-15-12-27(18-33(35)40)37(43)39-49(44,45)25(24)2/h6,9-10,12-13,15,17-18,24-25,28,31-32,34H,4-5,7-8,11,14,16,19-23H2,1-3H3,(H,39,43)/b9-6+/t24-,25+,28-,32+,34-/m0/s1. The third kappa shape index (κ3) is 8.27. The van der Waals surface area contributed by atoms with Crippen LogP contribution in [0.2, 0.25) is 5.02 Å². The molecule has 1 saturated heterocycles. The Morgan fingerprint density at radius 3 is 2.63 bits per heavy atom. The van der Waals surface area contributed by atoms with Crippen LogP contribution < -0.4 is 14.4 Å². The van der Waals surface area contributed by atoms with Crippen LogP contribution in [-0.4, -0.2) is 82.5 Å². The second-order valence-corrected chi connectivity index (χ2v) is 16.5. The van der Waals surface area contributed by atoms with Crippen LogP contribution in [0.3, 0.4) is 0 Å². The molecule has 2 amide bonds. The van der Waals surface area contributed by atoms with Crippen molar-refractivity contribution < 1.29 is 32.2 Å². The molecule has 1 N–H and O–H groups in total. The van der Waals surface area contributed by atoms with Gasteiger partial charge in [-0.1, -0.05) is 36.7 Å². The van der Waals surface area contributed by atoms with E-state index in [0.717, 1.165) is 55.5 Å². The van der Waals surface area contributed by atoms with Gasteiger partial charge in [0, 0.05) is 43.9 Å². The van der Waals surface area contributed by atoms with E-state index >= 15 is 0 Å². The topological polar surface area (TPSA) is 114 Å². The molecule has 4 aliphatic rings. The highest BCUT2D eigenvalue weighted by Crippen LogP contribution is 2.42. The Labute approximate surface area is 295 Å². The van der Waals surface area contributed by atoms with Crippen LogP contribution in [0.25, 0.3) is 0 Å². The lowest BCUT2D eigenvalue weighted by Gasteiger charge is -2.44. The number of amides is 2. The maximum atomic E-state index is 13.5. The Morgan fingerprint density at radius 2 is 1.88 bits per heavy atom. The summed E-state index contributed by atoms with van der Waals surface area (Å²) in [7, 11) is -2.32.